The van der Waals surface area contributed by atoms with Gasteiger partial charge in [-0.1, -0.05) is 44.2 Å². The van der Waals surface area contributed by atoms with Crippen molar-refractivity contribution in [3.05, 3.63) is 76.0 Å². The summed E-state index contributed by atoms with van der Waals surface area (Å²) in [4.78, 5) is 28.6. The summed E-state index contributed by atoms with van der Waals surface area (Å²) in [6.07, 6.45) is 0.674. The maximum absolute atomic E-state index is 14.9. The Hall–Kier alpha value is -3.03. The number of hydrogen-bond donors (Lipinski definition) is 2. The van der Waals surface area contributed by atoms with Crippen LogP contribution < -0.4 is 10.9 Å². The molecule has 0 radical (unpaired) electrons. The lowest BCUT2D eigenvalue weighted by Crippen LogP contribution is -2.47. The average Bonchev–Trinajstić information content (AvgIpc) is 2.78. The number of benzene rings is 2. The Morgan fingerprint density at radius 1 is 1.09 bits per heavy atom. The Bertz CT molecular complexity index is 1180. The zero-order chi connectivity index (χ0) is 22.8. The zero-order valence-corrected chi connectivity index (χ0v) is 18.3. The van der Waals surface area contributed by atoms with E-state index in [-0.39, 0.29) is 28.3 Å². The molecule has 0 saturated carbocycles. The number of nitrogens with one attached hydrogen (secondary N) is 1. The Balaban J connectivity index is 2.14. The van der Waals surface area contributed by atoms with E-state index in [9.17, 15) is 19.1 Å². The summed E-state index contributed by atoms with van der Waals surface area (Å²) in [6, 6.07) is 12.8. The second kappa shape index (κ2) is 9.22. The minimum atomic E-state index is -1.16. The first-order valence-electron chi connectivity index (χ1n) is 11.0. The molecule has 1 fully saturated rings. The molecule has 0 bridgehead atoms. The summed E-state index contributed by atoms with van der Waals surface area (Å²) in [5.41, 5.74) is 0.409. The van der Waals surface area contributed by atoms with Crippen molar-refractivity contribution in [1.29, 1.82) is 0 Å². The van der Waals surface area contributed by atoms with Crippen LogP contribution in [0.4, 0.5) is 4.39 Å². The Labute approximate surface area is 186 Å². The molecule has 2 aromatic carbocycles. The molecular formula is C25H28FN3O3. The van der Waals surface area contributed by atoms with E-state index in [0.717, 1.165) is 26.2 Å². The molecule has 2 N–H and O–H groups in total. The third-order valence-electron chi connectivity index (χ3n) is 6.03. The van der Waals surface area contributed by atoms with E-state index in [0.29, 0.717) is 17.8 Å². The predicted molar refractivity (Wildman–Crippen MR) is 123 cm³/mol. The van der Waals surface area contributed by atoms with Crippen LogP contribution in [0.1, 0.15) is 42.4 Å². The summed E-state index contributed by atoms with van der Waals surface area (Å²) in [5, 5.41) is 13.6. The summed E-state index contributed by atoms with van der Waals surface area (Å²) >= 11 is 0. The van der Waals surface area contributed by atoms with E-state index in [1.165, 1.54) is 22.8 Å². The van der Waals surface area contributed by atoms with Gasteiger partial charge >= 0.3 is 5.97 Å². The fraction of sp³-hybridized carbons (Fsp3) is 0.360. The molecule has 2 heterocycles. The molecule has 1 saturated heterocycles. The van der Waals surface area contributed by atoms with Crippen molar-refractivity contribution in [2.24, 2.45) is 5.92 Å². The van der Waals surface area contributed by atoms with E-state index in [2.05, 4.69) is 24.1 Å². The monoisotopic (exact) mass is 437 g/mol. The molecular weight excluding hydrogens is 409 g/mol. The maximum Gasteiger partial charge on any atom is 0.338 e. The van der Waals surface area contributed by atoms with Crippen LogP contribution in [0.25, 0.3) is 16.5 Å². The second-order valence-electron chi connectivity index (χ2n) is 8.64. The van der Waals surface area contributed by atoms with Gasteiger partial charge in [-0.15, -0.1) is 0 Å². The molecule has 6 nitrogen and oxygen atoms in total. The SMILES string of the molecule is CC(C)CC(c1c(C(=O)O)c2cccc(F)c2c(=O)n1-c1ccccc1)N1CCNCC1. The van der Waals surface area contributed by atoms with Crippen LogP contribution >= 0.6 is 0 Å². The molecule has 1 aliphatic heterocycles. The molecule has 0 spiro atoms. The molecule has 0 aliphatic carbocycles. The van der Waals surface area contributed by atoms with Crippen LogP contribution in [-0.4, -0.2) is 46.7 Å². The van der Waals surface area contributed by atoms with Crippen molar-refractivity contribution in [2.45, 2.75) is 26.3 Å². The topological polar surface area (TPSA) is 74.6 Å². The van der Waals surface area contributed by atoms with Crippen molar-refractivity contribution >= 4 is 16.7 Å². The van der Waals surface area contributed by atoms with E-state index in [1.54, 1.807) is 24.3 Å². The van der Waals surface area contributed by atoms with Crippen LogP contribution in [0.15, 0.2) is 53.3 Å². The number of carboxylic acids is 1. The second-order valence-corrected chi connectivity index (χ2v) is 8.64. The number of piperazine rings is 1. The van der Waals surface area contributed by atoms with Crippen LogP contribution in [0.2, 0.25) is 0 Å². The van der Waals surface area contributed by atoms with Gasteiger partial charge in [-0.3, -0.25) is 14.3 Å². The lowest BCUT2D eigenvalue weighted by atomic mass is 9.92. The summed E-state index contributed by atoms with van der Waals surface area (Å²) in [6.45, 7) is 7.22. The van der Waals surface area contributed by atoms with Crippen LogP contribution in [-0.2, 0) is 0 Å². The first-order chi connectivity index (χ1) is 15.4. The van der Waals surface area contributed by atoms with Crippen molar-refractivity contribution in [3.8, 4) is 5.69 Å². The molecule has 32 heavy (non-hydrogen) atoms. The number of fused-ring (bicyclic) bond motifs is 1. The van der Waals surface area contributed by atoms with Gasteiger partial charge in [0.25, 0.3) is 5.56 Å². The zero-order valence-electron chi connectivity index (χ0n) is 18.3. The van der Waals surface area contributed by atoms with Gasteiger partial charge in [0.15, 0.2) is 0 Å². The third kappa shape index (κ3) is 4.06. The lowest BCUT2D eigenvalue weighted by molar-refractivity contribution is 0.0690. The number of nitrogens with zero attached hydrogens (tertiary/aromatic N) is 2. The fourth-order valence-corrected chi connectivity index (χ4v) is 4.67. The Kier molecular flexibility index (Phi) is 6.39. The minimum Gasteiger partial charge on any atom is -0.478 e. The molecule has 168 valence electrons. The van der Waals surface area contributed by atoms with Gasteiger partial charge in [0.2, 0.25) is 0 Å². The number of carboxylic acid groups (broad SMARTS) is 1. The first kappa shape index (κ1) is 22.2. The van der Waals surface area contributed by atoms with E-state index < -0.39 is 17.3 Å². The predicted octanol–water partition coefficient (Wildman–Crippen LogP) is 3.82. The summed E-state index contributed by atoms with van der Waals surface area (Å²) in [7, 11) is 0. The van der Waals surface area contributed by atoms with Gasteiger partial charge in [0.1, 0.15) is 5.82 Å². The highest BCUT2D eigenvalue weighted by molar-refractivity contribution is 6.05. The summed E-state index contributed by atoms with van der Waals surface area (Å²) in [5.74, 6) is -1.61. The smallest absolute Gasteiger partial charge is 0.338 e. The number of aromatic carboxylic acids is 1. The highest BCUT2D eigenvalue weighted by Crippen LogP contribution is 2.35. The van der Waals surface area contributed by atoms with E-state index in [4.69, 9.17) is 0 Å². The maximum atomic E-state index is 14.9. The van der Waals surface area contributed by atoms with Gasteiger partial charge in [-0.2, -0.15) is 0 Å². The number of hydrogen-bond acceptors (Lipinski definition) is 4. The highest BCUT2D eigenvalue weighted by Gasteiger charge is 2.33. The first-order valence-corrected chi connectivity index (χ1v) is 11.0. The molecule has 7 heteroatoms. The Morgan fingerprint density at radius 2 is 1.78 bits per heavy atom. The molecule has 4 rings (SSSR count). The van der Waals surface area contributed by atoms with Crippen molar-refractivity contribution < 1.29 is 14.3 Å². The van der Waals surface area contributed by atoms with Crippen LogP contribution in [0.5, 0.6) is 0 Å². The van der Waals surface area contributed by atoms with Crippen LogP contribution in [0, 0.1) is 11.7 Å². The van der Waals surface area contributed by atoms with Gasteiger partial charge in [0, 0.05) is 37.3 Å². The third-order valence-corrected chi connectivity index (χ3v) is 6.03. The standard InChI is InChI=1S/C25H28FN3O3/c1-16(2)15-20(28-13-11-27-12-14-28)23-22(25(31)32)18-9-6-10-19(26)21(18)24(30)29(23)17-7-4-3-5-8-17/h3-10,16,20,27H,11-15H2,1-2H3,(H,31,32). The number of rotatable bonds is 6. The van der Waals surface area contributed by atoms with Gasteiger partial charge in [-0.05, 0) is 30.5 Å². The number of halogens is 1. The molecule has 3 aromatic rings. The van der Waals surface area contributed by atoms with Crippen molar-refractivity contribution in [3.63, 3.8) is 0 Å². The van der Waals surface area contributed by atoms with Gasteiger partial charge < -0.3 is 10.4 Å². The highest BCUT2D eigenvalue weighted by atomic mass is 19.1. The molecule has 1 atom stereocenters. The molecule has 1 aromatic heterocycles. The molecule has 1 unspecified atom stereocenters. The van der Waals surface area contributed by atoms with Crippen molar-refractivity contribution in [1.82, 2.24) is 14.8 Å². The Morgan fingerprint density at radius 3 is 2.41 bits per heavy atom. The van der Waals surface area contributed by atoms with Gasteiger partial charge in [0.05, 0.1) is 22.7 Å². The normalized spacial score (nSPS) is 15.9. The van der Waals surface area contributed by atoms with Crippen molar-refractivity contribution in [2.75, 3.05) is 26.2 Å². The minimum absolute atomic E-state index is 0.00728. The largest absolute Gasteiger partial charge is 0.478 e. The average molecular weight is 438 g/mol. The quantitative estimate of drug-likeness (QED) is 0.613. The van der Waals surface area contributed by atoms with Gasteiger partial charge in [-0.25, -0.2) is 9.18 Å². The number of pyridine rings is 1. The van der Waals surface area contributed by atoms with E-state index >= 15 is 0 Å². The number of aromatic nitrogens is 1. The lowest BCUT2D eigenvalue weighted by Gasteiger charge is -2.38. The molecule has 0 amide bonds. The number of para-hydroxylation sites is 1. The summed E-state index contributed by atoms with van der Waals surface area (Å²) < 4.78 is 16.3. The number of carbonyl (C=O) groups is 1. The van der Waals surface area contributed by atoms with Crippen LogP contribution in [0.3, 0.4) is 0 Å². The molecule has 1 aliphatic rings. The fourth-order valence-electron chi connectivity index (χ4n) is 4.67. The van der Waals surface area contributed by atoms with E-state index in [1.807, 2.05) is 6.07 Å².